The Bertz CT molecular complexity index is 628. The van der Waals surface area contributed by atoms with Crippen LogP contribution in [-0.4, -0.2) is 19.1 Å². The first kappa shape index (κ1) is 16.6. The molecule has 2 aromatic rings. The van der Waals surface area contributed by atoms with Gasteiger partial charge in [-0.25, -0.2) is 0 Å². The van der Waals surface area contributed by atoms with Crippen LogP contribution in [0.4, 0.5) is 0 Å². The summed E-state index contributed by atoms with van der Waals surface area (Å²) in [6.07, 6.45) is 1.32. The summed E-state index contributed by atoms with van der Waals surface area (Å²) < 4.78 is 6.71. The Balaban J connectivity index is 1.73. The highest BCUT2D eigenvalue weighted by atomic mass is 79.9. The van der Waals surface area contributed by atoms with Gasteiger partial charge in [0.25, 0.3) is 0 Å². The summed E-state index contributed by atoms with van der Waals surface area (Å²) in [6.45, 7) is 3.08. The molecule has 1 amide bonds. The van der Waals surface area contributed by atoms with Gasteiger partial charge >= 0.3 is 0 Å². The van der Waals surface area contributed by atoms with E-state index in [0.29, 0.717) is 19.6 Å². The molecule has 0 heterocycles. The van der Waals surface area contributed by atoms with Gasteiger partial charge in [0.05, 0.1) is 13.0 Å². The first-order chi connectivity index (χ1) is 10.7. The smallest absolute Gasteiger partial charge is 0.224 e. The summed E-state index contributed by atoms with van der Waals surface area (Å²) in [5.41, 5.74) is 2.17. The van der Waals surface area contributed by atoms with E-state index in [-0.39, 0.29) is 5.91 Å². The second-order valence-electron chi connectivity index (χ2n) is 4.97. The predicted molar refractivity (Wildman–Crippen MR) is 92.2 cm³/mol. The Hall–Kier alpha value is -1.81. The lowest BCUT2D eigenvalue weighted by atomic mass is 10.1. The Labute approximate surface area is 139 Å². The number of para-hydroxylation sites is 1. The fourth-order valence-electron chi connectivity index (χ4n) is 2.18. The highest BCUT2D eigenvalue weighted by Gasteiger charge is 2.04. The van der Waals surface area contributed by atoms with Crippen molar-refractivity contribution >= 4 is 21.8 Å². The Kier molecular flexibility index (Phi) is 6.46. The lowest BCUT2D eigenvalue weighted by Gasteiger charge is -2.11. The highest BCUT2D eigenvalue weighted by Crippen LogP contribution is 2.17. The van der Waals surface area contributed by atoms with Crippen LogP contribution >= 0.6 is 15.9 Å². The van der Waals surface area contributed by atoms with E-state index in [4.69, 9.17) is 4.74 Å². The van der Waals surface area contributed by atoms with Gasteiger partial charge in [-0.05, 0) is 35.7 Å². The normalized spacial score (nSPS) is 10.3. The first-order valence-corrected chi connectivity index (χ1v) is 8.20. The zero-order valence-electron chi connectivity index (χ0n) is 12.6. The van der Waals surface area contributed by atoms with Crippen molar-refractivity contribution in [2.45, 2.75) is 19.8 Å². The van der Waals surface area contributed by atoms with Gasteiger partial charge in [0.2, 0.25) is 5.91 Å². The minimum absolute atomic E-state index is 0.00507. The van der Waals surface area contributed by atoms with E-state index in [2.05, 4.69) is 34.2 Å². The van der Waals surface area contributed by atoms with Crippen LogP contribution in [0.2, 0.25) is 0 Å². The molecule has 2 aromatic carbocycles. The van der Waals surface area contributed by atoms with Crippen molar-refractivity contribution in [1.82, 2.24) is 5.32 Å². The number of benzene rings is 2. The summed E-state index contributed by atoms with van der Waals surface area (Å²) in [4.78, 5) is 11.9. The van der Waals surface area contributed by atoms with Crippen LogP contribution in [0.1, 0.15) is 18.1 Å². The number of hydrogen-bond donors (Lipinski definition) is 1. The molecule has 0 aliphatic heterocycles. The van der Waals surface area contributed by atoms with E-state index in [1.807, 2.05) is 42.5 Å². The number of ether oxygens (including phenoxy) is 1. The molecule has 0 atom stereocenters. The zero-order chi connectivity index (χ0) is 15.8. The van der Waals surface area contributed by atoms with Crippen molar-refractivity contribution in [2.75, 3.05) is 13.2 Å². The number of amides is 1. The quantitative estimate of drug-likeness (QED) is 0.762. The third-order valence-electron chi connectivity index (χ3n) is 3.29. The molecule has 0 bridgehead atoms. The molecule has 0 saturated carbocycles. The molecule has 0 spiro atoms. The number of nitrogens with one attached hydrogen (secondary N) is 1. The summed E-state index contributed by atoms with van der Waals surface area (Å²) in [5.74, 6) is 0.900. The van der Waals surface area contributed by atoms with E-state index >= 15 is 0 Å². The second-order valence-corrected chi connectivity index (χ2v) is 5.88. The van der Waals surface area contributed by atoms with Crippen LogP contribution in [0.3, 0.4) is 0 Å². The van der Waals surface area contributed by atoms with Gasteiger partial charge in [-0.15, -0.1) is 0 Å². The van der Waals surface area contributed by atoms with Crippen molar-refractivity contribution in [3.05, 3.63) is 64.1 Å². The van der Waals surface area contributed by atoms with Crippen molar-refractivity contribution in [3.8, 4) is 5.75 Å². The molecule has 4 heteroatoms. The maximum atomic E-state index is 11.9. The molecule has 0 saturated heterocycles. The second kappa shape index (κ2) is 8.59. The Morgan fingerprint density at radius 1 is 1.18 bits per heavy atom. The number of hydrogen-bond acceptors (Lipinski definition) is 2. The topological polar surface area (TPSA) is 38.3 Å². The van der Waals surface area contributed by atoms with Gasteiger partial charge in [0.1, 0.15) is 12.4 Å². The van der Waals surface area contributed by atoms with Crippen LogP contribution < -0.4 is 10.1 Å². The van der Waals surface area contributed by atoms with Gasteiger partial charge in [-0.1, -0.05) is 53.2 Å². The largest absolute Gasteiger partial charge is 0.491 e. The molecule has 0 radical (unpaired) electrons. The fraction of sp³-hybridized carbons (Fsp3) is 0.278. The minimum Gasteiger partial charge on any atom is -0.491 e. The van der Waals surface area contributed by atoms with Gasteiger partial charge in [-0.3, -0.25) is 4.79 Å². The molecular formula is C18H20BrNO2. The standard InChI is InChI=1S/C18H20BrNO2/c1-2-15-7-3-4-9-17(15)22-11-10-20-18(21)13-14-6-5-8-16(19)12-14/h3-9,12H,2,10-11,13H2,1H3,(H,20,21). The summed E-state index contributed by atoms with van der Waals surface area (Å²) in [6, 6.07) is 15.7. The van der Waals surface area contributed by atoms with Crippen molar-refractivity contribution in [1.29, 1.82) is 0 Å². The first-order valence-electron chi connectivity index (χ1n) is 7.41. The predicted octanol–water partition coefficient (Wildman–Crippen LogP) is 3.75. The van der Waals surface area contributed by atoms with Gasteiger partial charge in [-0.2, -0.15) is 0 Å². The van der Waals surface area contributed by atoms with Crippen LogP contribution in [0.25, 0.3) is 0 Å². The monoisotopic (exact) mass is 361 g/mol. The third kappa shape index (κ3) is 5.19. The van der Waals surface area contributed by atoms with Crippen LogP contribution in [0.5, 0.6) is 5.75 Å². The van der Waals surface area contributed by atoms with E-state index in [1.165, 1.54) is 5.56 Å². The molecule has 0 aliphatic carbocycles. The van der Waals surface area contributed by atoms with Gasteiger partial charge in [0, 0.05) is 4.47 Å². The van der Waals surface area contributed by atoms with Gasteiger partial charge < -0.3 is 10.1 Å². The lowest BCUT2D eigenvalue weighted by Crippen LogP contribution is -2.29. The number of halogens is 1. The van der Waals surface area contributed by atoms with Gasteiger partial charge in [0.15, 0.2) is 0 Å². The molecule has 0 unspecified atom stereocenters. The summed E-state index contributed by atoms with van der Waals surface area (Å²) in [5, 5.41) is 2.88. The Morgan fingerprint density at radius 3 is 2.77 bits per heavy atom. The van der Waals surface area contributed by atoms with E-state index in [9.17, 15) is 4.79 Å². The van der Waals surface area contributed by atoms with E-state index < -0.39 is 0 Å². The Morgan fingerprint density at radius 2 is 2.00 bits per heavy atom. The lowest BCUT2D eigenvalue weighted by molar-refractivity contribution is -0.120. The molecule has 116 valence electrons. The fourth-order valence-corrected chi connectivity index (χ4v) is 2.63. The average Bonchev–Trinajstić information content (AvgIpc) is 2.52. The molecule has 0 aliphatic rings. The number of carbonyl (C=O) groups excluding carboxylic acids is 1. The minimum atomic E-state index is 0.00507. The SMILES string of the molecule is CCc1ccccc1OCCNC(=O)Cc1cccc(Br)c1. The van der Waals surface area contributed by atoms with Crippen molar-refractivity contribution < 1.29 is 9.53 Å². The van der Waals surface area contributed by atoms with E-state index in [0.717, 1.165) is 22.2 Å². The van der Waals surface area contributed by atoms with Crippen LogP contribution in [0.15, 0.2) is 53.0 Å². The molecule has 0 fully saturated rings. The molecule has 3 nitrogen and oxygen atoms in total. The zero-order valence-corrected chi connectivity index (χ0v) is 14.2. The summed E-state index contributed by atoms with van der Waals surface area (Å²) in [7, 11) is 0. The van der Waals surface area contributed by atoms with Crippen molar-refractivity contribution in [3.63, 3.8) is 0 Å². The maximum Gasteiger partial charge on any atom is 0.224 e. The van der Waals surface area contributed by atoms with E-state index in [1.54, 1.807) is 0 Å². The number of rotatable bonds is 7. The third-order valence-corrected chi connectivity index (χ3v) is 3.78. The average molecular weight is 362 g/mol. The van der Waals surface area contributed by atoms with Crippen molar-refractivity contribution in [2.24, 2.45) is 0 Å². The van der Waals surface area contributed by atoms with Crippen LogP contribution in [0, 0.1) is 0 Å². The molecule has 2 rings (SSSR count). The number of aryl methyl sites for hydroxylation is 1. The maximum absolute atomic E-state index is 11.9. The number of carbonyl (C=O) groups is 1. The molecule has 1 N–H and O–H groups in total. The molecule has 22 heavy (non-hydrogen) atoms. The molecular weight excluding hydrogens is 342 g/mol. The molecule has 0 aromatic heterocycles. The van der Waals surface area contributed by atoms with Crippen LogP contribution in [-0.2, 0) is 17.6 Å². The summed E-state index contributed by atoms with van der Waals surface area (Å²) >= 11 is 3.40. The highest BCUT2D eigenvalue weighted by molar-refractivity contribution is 9.10.